The summed E-state index contributed by atoms with van der Waals surface area (Å²) < 4.78 is 41.3. The van der Waals surface area contributed by atoms with E-state index in [0.29, 0.717) is 6.42 Å². The summed E-state index contributed by atoms with van der Waals surface area (Å²) in [6.07, 6.45) is 2.17. The van der Waals surface area contributed by atoms with Crippen molar-refractivity contribution in [3.8, 4) is 0 Å². The maximum Gasteiger partial charge on any atom is 0.243 e. The first-order valence-electron chi connectivity index (χ1n) is 13.6. The molecular formula is C31H37BrFN3O4S. The highest BCUT2D eigenvalue weighted by molar-refractivity contribution is 9.10. The second kappa shape index (κ2) is 15.1. The summed E-state index contributed by atoms with van der Waals surface area (Å²) in [7, 11) is -3.80. The smallest absolute Gasteiger partial charge is 0.243 e. The van der Waals surface area contributed by atoms with Crippen molar-refractivity contribution in [1.82, 2.24) is 10.2 Å². The molecule has 10 heteroatoms. The molecule has 0 saturated heterocycles. The number of hydrogen-bond donors (Lipinski definition) is 1. The highest BCUT2D eigenvalue weighted by Crippen LogP contribution is 2.23. The van der Waals surface area contributed by atoms with E-state index in [-0.39, 0.29) is 49.5 Å². The van der Waals surface area contributed by atoms with Crippen molar-refractivity contribution in [2.75, 3.05) is 17.1 Å². The summed E-state index contributed by atoms with van der Waals surface area (Å²) in [6.45, 7) is 4.00. The van der Waals surface area contributed by atoms with Crippen molar-refractivity contribution >= 4 is 43.5 Å². The Morgan fingerprint density at radius 2 is 1.63 bits per heavy atom. The van der Waals surface area contributed by atoms with Gasteiger partial charge >= 0.3 is 0 Å². The predicted octanol–water partition coefficient (Wildman–Crippen LogP) is 5.69. The minimum absolute atomic E-state index is 0.0314. The summed E-state index contributed by atoms with van der Waals surface area (Å²) in [5.41, 5.74) is 1.68. The first kappa shape index (κ1) is 32.3. The highest BCUT2D eigenvalue weighted by atomic mass is 79.9. The zero-order chi connectivity index (χ0) is 30.0. The Morgan fingerprint density at radius 3 is 2.27 bits per heavy atom. The molecule has 0 saturated carbocycles. The minimum Gasteiger partial charge on any atom is -0.352 e. The molecule has 2 amide bonds. The van der Waals surface area contributed by atoms with Gasteiger partial charge in [-0.15, -0.1) is 0 Å². The second-order valence-electron chi connectivity index (χ2n) is 10.1. The third-order valence-corrected chi connectivity index (χ3v) is 8.46. The average molecular weight is 647 g/mol. The van der Waals surface area contributed by atoms with Gasteiger partial charge in [0.1, 0.15) is 11.9 Å². The molecule has 41 heavy (non-hydrogen) atoms. The number of nitrogens with one attached hydrogen (secondary N) is 1. The Bertz CT molecular complexity index is 1420. The van der Waals surface area contributed by atoms with E-state index in [4.69, 9.17) is 0 Å². The van der Waals surface area contributed by atoms with Crippen LogP contribution in [0.5, 0.6) is 0 Å². The van der Waals surface area contributed by atoms with Crippen LogP contribution in [0.2, 0.25) is 0 Å². The van der Waals surface area contributed by atoms with Gasteiger partial charge in [0.15, 0.2) is 0 Å². The van der Waals surface area contributed by atoms with Gasteiger partial charge in [0.25, 0.3) is 0 Å². The molecule has 220 valence electrons. The lowest BCUT2D eigenvalue weighted by molar-refractivity contribution is -0.141. The number of para-hydroxylation sites is 1. The molecule has 2 atom stereocenters. The summed E-state index contributed by atoms with van der Waals surface area (Å²) in [4.78, 5) is 29.0. The normalized spacial score (nSPS) is 12.8. The molecule has 0 aliphatic rings. The number of halogens is 2. The molecule has 3 aromatic carbocycles. The third-order valence-electron chi connectivity index (χ3n) is 6.79. The van der Waals surface area contributed by atoms with Crippen LogP contribution in [0.4, 0.5) is 10.1 Å². The van der Waals surface area contributed by atoms with Gasteiger partial charge in [0.05, 0.1) is 11.9 Å². The Labute approximate surface area is 250 Å². The largest absolute Gasteiger partial charge is 0.352 e. The van der Waals surface area contributed by atoms with Crippen LogP contribution < -0.4 is 9.62 Å². The van der Waals surface area contributed by atoms with Crippen molar-refractivity contribution < 1.29 is 22.4 Å². The number of nitrogens with zero attached hydrogens (tertiary/aromatic N) is 2. The molecule has 7 nitrogen and oxygen atoms in total. The van der Waals surface area contributed by atoms with E-state index in [0.717, 1.165) is 32.6 Å². The number of hydrogen-bond acceptors (Lipinski definition) is 4. The van der Waals surface area contributed by atoms with Gasteiger partial charge < -0.3 is 10.2 Å². The molecule has 3 aromatic rings. The van der Waals surface area contributed by atoms with E-state index in [9.17, 15) is 22.4 Å². The molecule has 0 fully saturated rings. The van der Waals surface area contributed by atoms with Gasteiger partial charge in [-0.1, -0.05) is 77.5 Å². The van der Waals surface area contributed by atoms with Gasteiger partial charge in [-0.25, -0.2) is 12.8 Å². The monoisotopic (exact) mass is 645 g/mol. The summed E-state index contributed by atoms with van der Waals surface area (Å²) >= 11 is 3.48. The van der Waals surface area contributed by atoms with Crippen LogP contribution in [0.1, 0.15) is 44.2 Å². The number of amides is 2. The van der Waals surface area contributed by atoms with Gasteiger partial charge in [-0.05, 0) is 55.2 Å². The molecule has 3 rings (SSSR count). The van der Waals surface area contributed by atoms with Crippen molar-refractivity contribution in [1.29, 1.82) is 0 Å². The van der Waals surface area contributed by atoms with Crippen LogP contribution in [-0.2, 0) is 32.6 Å². The summed E-state index contributed by atoms with van der Waals surface area (Å²) in [5.74, 6) is -1.21. The molecule has 2 unspecified atom stereocenters. The van der Waals surface area contributed by atoms with Crippen LogP contribution >= 0.6 is 15.9 Å². The lowest BCUT2D eigenvalue weighted by atomic mass is 10.0. The Balaban J connectivity index is 1.90. The second-order valence-corrected chi connectivity index (χ2v) is 12.9. The number of anilines is 1. The lowest BCUT2D eigenvalue weighted by Gasteiger charge is -2.32. The van der Waals surface area contributed by atoms with E-state index in [1.165, 1.54) is 18.2 Å². The maximum absolute atomic E-state index is 14.5. The van der Waals surface area contributed by atoms with Crippen LogP contribution in [0.3, 0.4) is 0 Å². The molecular weight excluding hydrogens is 609 g/mol. The number of sulfonamides is 1. The number of benzene rings is 3. The molecule has 0 aliphatic carbocycles. The summed E-state index contributed by atoms with van der Waals surface area (Å²) in [6, 6.07) is 21.8. The first-order chi connectivity index (χ1) is 19.5. The van der Waals surface area contributed by atoms with Crippen LogP contribution in [0.25, 0.3) is 0 Å². The van der Waals surface area contributed by atoms with E-state index in [2.05, 4.69) is 21.2 Å². The van der Waals surface area contributed by atoms with Crippen molar-refractivity contribution in [2.45, 2.75) is 58.2 Å². The molecule has 1 N–H and O–H groups in total. The lowest BCUT2D eigenvalue weighted by Crippen LogP contribution is -2.52. The van der Waals surface area contributed by atoms with Gasteiger partial charge in [-0.2, -0.15) is 0 Å². The molecule has 0 aromatic heterocycles. The topological polar surface area (TPSA) is 86.8 Å². The maximum atomic E-state index is 14.5. The number of rotatable bonds is 14. The van der Waals surface area contributed by atoms with E-state index >= 15 is 0 Å². The fourth-order valence-corrected chi connectivity index (χ4v) is 5.88. The molecule has 0 aliphatic heterocycles. The fourth-order valence-electron chi connectivity index (χ4n) is 4.46. The Hall–Kier alpha value is -3.24. The van der Waals surface area contributed by atoms with Crippen molar-refractivity contribution in [3.63, 3.8) is 0 Å². The van der Waals surface area contributed by atoms with Gasteiger partial charge in [0, 0.05) is 36.4 Å². The SMILES string of the molecule is CCC(C)NC(=O)C(Cc1ccccc1)N(Cc1cccc(Br)c1)C(=O)CCCN(c1ccccc1F)S(C)(=O)=O. The predicted molar refractivity (Wildman–Crippen MR) is 164 cm³/mol. The molecule has 0 bridgehead atoms. The minimum atomic E-state index is -3.80. The molecule has 0 spiro atoms. The van der Waals surface area contributed by atoms with Crippen LogP contribution in [-0.4, -0.2) is 50.0 Å². The first-order valence-corrected chi connectivity index (χ1v) is 16.2. The molecule has 0 radical (unpaired) electrons. The number of carbonyl (C=O) groups excluding carboxylic acids is 2. The Kier molecular flexibility index (Phi) is 11.9. The molecule has 0 heterocycles. The standard InChI is InChI=1S/C31H37BrFN3O4S/c1-4-23(2)34-31(38)29(21-24-12-6-5-7-13-24)35(22-25-14-10-15-26(32)20-25)30(37)18-11-19-36(41(3,39)40)28-17-9-8-16-27(28)33/h5-10,12-17,20,23,29H,4,11,18-19,21-22H2,1-3H3,(H,34,38). The van der Waals surface area contributed by atoms with Gasteiger partial charge in [0.2, 0.25) is 21.8 Å². The highest BCUT2D eigenvalue weighted by Gasteiger charge is 2.31. The summed E-state index contributed by atoms with van der Waals surface area (Å²) in [5, 5.41) is 3.03. The van der Waals surface area contributed by atoms with E-state index in [1.807, 2.05) is 68.4 Å². The van der Waals surface area contributed by atoms with E-state index in [1.54, 1.807) is 11.0 Å². The average Bonchev–Trinajstić information content (AvgIpc) is 2.93. The third kappa shape index (κ3) is 9.67. The number of carbonyl (C=O) groups is 2. The van der Waals surface area contributed by atoms with Gasteiger partial charge in [-0.3, -0.25) is 13.9 Å². The van der Waals surface area contributed by atoms with Crippen molar-refractivity contribution in [3.05, 3.63) is 100 Å². The van der Waals surface area contributed by atoms with Crippen LogP contribution in [0, 0.1) is 5.82 Å². The quantitative estimate of drug-likeness (QED) is 0.244. The fraction of sp³-hybridized carbons (Fsp3) is 0.355. The zero-order valence-corrected chi connectivity index (χ0v) is 26.0. The zero-order valence-electron chi connectivity index (χ0n) is 23.6. The van der Waals surface area contributed by atoms with Crippen LogP contribution in [0.15, 0.2) is 83.3 Å². The Morgan fingerprint density at radius 1 is 0.976 bits per heavy atom. The van der Waals surface area contributed by atoms with Crippen molar-refractivity contribution in [2.24, 2.45) is 0 Å². The van der Waals surface area contributed by atoms with E-state index < -0.39 is 21.9 Å².